The fourth-order valence-electron chi connectivity index (χ4n) is 1.78. The van der Waals surface area contributed by atoms with Gasteiger partial charge in [0.05, 0.1) is 6.10 Å². The molecule has 1 aromatic rings. The molecule has 0 spiro atoms. The quantitative estimate of drug-likeness (QED) is 0.801. The number of methoxy groups -OCH3 is 1. The van der Waals surface area contributed by atoms with E-state index < -0.39 is 0 Å². The van der Waals surface area contributed by atoms with E-state index in [4.69, 9.17) is 4.74 Å². The Balaban J connectivity index is 2.85. The third-order valence-electron chi connectivity index (χ3n) is 2.72. The highest BCUT2D eigenvalue weighted by atomic mass is 16.5. The molecular weight excluding hydrogens is 186 g/mol. The van der Waals surface area contributed by atoms with E-state index in [1.807, 2.05) is 7.05 Å². The standard InChI is InChI=1S/C13H21NO/c1-10-5-6-11(2)12(9-10)13(15-4)7-8-14-3/h5-6,9,13-14H,7-8H2,1-4H3. The molecule has 0 radical (unpaired) electrons. The summed E-state index contributed by atoms with van der Waals surface area (Å²) in [6.45, 7) is 5.24. The van der Waals surface area contributed by atoms with E-state index in [1.54, 1.807) is 7.11 Å². The molecule has 1 N–H and O–H groups in total. The van der Waals surface area contributed by atoms with Gasteiger partial charge in [-0.3, -0.25) is 0 Å². The first-order valence-electron chi connectivity index (χ1n) is 5.43. The van der Waals surface area contributed by atoms with Crippen LogP contribution in [0.5, 0.6) is 0 Å². The maximum atomic E-state index is 5.53. The lowest BCUT2D eigenvalue weighted by atomic mass is 9.99. The van der Waals surface area contributed by atoms with E-state index in [0.717, 1.165) is 13.0 Å². The fraction of sp³-hybridized carbons (Fsp3) is 0.538. The Morgan fingerprint density at radius 3 is 2.67 bits per heavy atom. The summed E-state index contributed by atoms with van der Waals surface area (Å²) < 4.78 is 5.53. The van der Waals surface area contributed by atoms with Gasteiger partial charge in [-0.05, 0) is 45.0 Å². The number of benzene rings is 1. The number of nitrogens with one attached hydrogen (secondary N) is 1. The van der Waals surface area contributed by atoms with Gasteiger partial charge in [0.25, 0.3) is 0 Å². The highest BCUT2D eigenvalue weighted by molar-refractivity contribution is 5.32. The van der Waals surface area contributed by atoms with Crippen LogP contribution < -0.4 is 5.32 Å². The Kier molecular flexibility index (Phi) is 4.79. The lowest BCUT2D eigenvalue weighted by Crippen LogP contribution is -2.14. The van der Waals surface area contributed by atoms with Crippen LogP contribution in [0.25, 0.3) is 0 Å². The van der Waals surface area contributed by atoms with Crippen molar-refractivity contribution >= 4 is 0 Å². The first-order valence-corrected chi connectivity index (χ1v) is 5.43. The normalized spacial score (nSPS) is 12.8. The van der Waals surface area contributed by atoms with Gasteiger partial charge in [-0.2, -0.15) is 0 Å². The molecule has 0 aliphatic heterocycles. The van der Waals surface area contributed by atoms with E-state index >= 15 is 0 Å². The smallest absolute Gasteiger partial charge is 0.0835 e. The second-order valence-electron chi connectivity index (χ2n) is 3.98. The molecule has 0 aromatic heterocycles. The molecule has 84 valence electrons. The molecule has 15 heavy (non-hydrogen) atoms. The highest BCUT2D eigenvalue weighted by Crippen LogP contribution is 2.24. The van der Waals surface area contributed by atoms with Gasteiger partial charge in [0.2, 0.25) is 0 Å². The van der Waals surface area contributed by atoms with Gasteiger partial charge in [-0.25, -0.2) is 0 Å². The van der Waals surface area contributed by atoms with Crippen molar-refractivity contribution in [3.05, 3.63) is 34.9 Å². The number of rotatable bonds is 5. The second kappa shape index (κ2) is 5.89. The minimum atomic E-state index is 0.206. The number of hydrogen-bond donors (Lipinski definition) is 1. The molecule has 1 unspecified atom stereocenters. The van der Waals surface area contributed by atoms with Gasteiger partial charge in [0.1, 0.15) is 0 Å². The van der Waals surface area contributed by atoms with E-state index in [1.165, 1.54) is 16.7 Å². The number of aryl methyl sites for hydroxylation is 2. The van der Waals surface area contributed by atoms with Gasteiger partial charge in [0.15, 0.2) is 0 Å². The van der Waals surface area contributed by atoms with E-state index in [0.29, 0.717) is 0 Å². The van der Waals surface area contributed by atoms with Gasteiger partial charge in [0, 0.05) is 7.11 Å². The van der Waals surface area contributed by atoms with Crippen LogP contribution in [-0.4, -0.2) is 20.7 Å². The largest absolute Gasteiger partial charge is 0.377 e. The third kappa shape index (κ3) is 3.33. The highest BCUT2D eigenvalue weighted by Gasteiger charge is 2.12. The fourth-order valence-corrected chi connectivity index (χ4v) is 1.78. The number of hydrogen-bond acceptors (Lipinski definition) is 2. The minimum absolute atomic E-state index is 0.206. The van der Waals surface area contributed by atoms with Crippen LogP contribution in [0.2, 0.25) is 0 Å². The van der Waals surface area contributed by atoms with Crippen molar-refractivity contribution < 1.29 is 4.74 Å². The van der Waals surface area contributed by atoms with Crippen molar-refractivity contribution in [2.75, 3.05) is 20.7 Å². The summed E-state index contributed by atoms with van der Waals surface area (Å²) in [6.07, 6.45) is 1.22. The van der Waals surface area contributed by atoms with Crippen molar-refractivity contribution in [2.24, 2.45) is 0 Å². The first kappa shape index (κ1) is 12.2. The van der Waals surface area contributed by atoms with Gasteiger partial charge < -0.3 is 10.1 Å². The van der Waals surface area contributed by atoms with Crippen molar-refractivity contribution in [1.82, 2.24) is 5.32 Å². The van der Waals surface area contributed by atoms with Crippen molar-refractivity contribution in [3.63, 3.8) is 0 Å². The van der Waals surface area contributed by atoms with Crippen LogP contribution in [0, 0.1) is 13.8 Å². The Morgan fingerprint density at radius 2 is 2.07 bits per heavy atom. The Labute approximate surface area is 92.6 Å². The second-order valence-corrected chi connectivity index (χ2v) is 3.98. The van der Waals surface area contributed by atoms with E-state index in [2.05, 4.69) is 37.4 Å². The molecule has 1 rings (SSSR count). The van der Waals surface area contributed by atoms with Crippen LogP contribution >= 0.6 is 0 Å². The molecule has 1 atom stereocenters. The summed E-state index contributed by atoms with van der Waals surface area (Å²) in [5.41, 5.74) is 3.92. The lowest BCUT2D eigenvalue weighted by molar-refractivity contribution is 0.0956. The molecule has 0 aliphatic carbocycles. The molecule has 0 amide bonds. The molecule has 1 aromatic carbocycles. The Bertz CT molecular complexity index is 309. The SMILES string of the molecule is CNCCC(OC)c1cc(C)ccc1C. The van der Waals surface area contributed by atoms with Crippen molar-refractivity contribution in [1.29, 1.82) is 0 Å². The molecule has 2 nitrogen and oxygen atoms in total. The van der Waals surface area contributed by atoms with E-state index in [9.17, 15) is 0 Å². The zero-order valence-corrected chi connectivity index (χ0v) is 10.1. The molecular formula is C13H21NO. The summed E-state index contributed by atoms with van der Waals surface area (Å²) in [6, 6.07) is 6.53. The molecule has 2 heteroatoms. The molecule has 0 bridgehead atoms. The average molecular weight is 207 g/mol. The first-order chi connectivity index (χ1) is 7.19. The minimum Gasteiger partial charge on any atom is -0.377 e. The Morgan fingerprint density at radius 1 is 1.33 bits per heavy atom. The maximum absolute atomic E-state index is 5.53. The molecule has 0 saturated carbocycles. The van der Waals surface area contributed by atoms with Crippen molar-refractivity contribution in [3.8, 4) is 0 Å². The summed E-state index contributed by atoms with van der Waals surface area (Å²) in [4.78, 5) is 0. The topological polar surface area (TPSA) is 21.3 Å². The average Bonchev–Trinajstić information content (AvgIpc) is 2.24. The molecule has 0 heterocycles. The molecule has 0 aliphatic rings. The zero-order chi connectivity index (χ0) is 11.3. The lowest BCUT2D eigenvalue weighted by Gasteiger charge is -2.18. The summed E-state index contributed by atoms with van der Waals surface area (Å²) >= 11 is 0. The molecule has 0 fully saturated rings. The summed E-state index contributed by atoms with van der Waals surface area (Å²) in [7, 11) is 3.75. The van der Waals surface area contributed by atoms with Crippen LogP contribution in [0.15, 0.2) is 18.2 Å². The van der Waals surface area contributed by atoms with Gasteiger partial charge in [-0.15, -0.1) is 0 Å². The predicted octanol–water partition coefficient (Wildman–Crippen LogP) is 2.60. The number of ether oxygens (including phenoxy) is 1. The monoisotopic (exact) mass is 207 g/mol. The van der Waals surface area contributed by atoms with Crippen LogP contribution in [0.1, 0.15) is 29.2 Å². The molecule has 0 saturated heterocycles. The summed E-state index contributed by atoms with van der Waals surface area (Å²) in [5, 5.41) is 3.16. The van der Waals surface area contributed by atoms with Crippen molar-refractivity contribution in [2.45, 2.75) is 26.4 Å². The predicted molar refractivity (Wildman–Crippen MR) is 64.2 cm³/mol. The Hall–Kier alpha value is -0.860. The van der Waals surface area contributed by atoms with E-state index in [-0.39, 0.29) is 6.10 Å². The van der Waals surface area contributed by atoms with Gasteiger partial charge in [-0.1, -0.05) is 23.8 Å². The maximum Gasteiger partial charge on any atom is 0.0835 e. The van der Waals surface area contributed by atoms with Gasteiger partial charge >= 0.3 is 0 Å². The van der Waals surface area contributed by atoms with Crippen LogP contribution in [-0.2, 0) is 4.74 Å². The third-order valence-corrected chi connectivity index (χ3v) is 2.72. The zero-order valence-electron chi connectivity index (χ0n) is 10.1. The summed E-state index contributed by atoms with van der Waals surface area (Å²) in [5.74, 6) is 0. The van der Waals surface area contributed by atoms with Crippen LogP contribution in [0.3, 0.4) is 0 Å². The van der Waals surface area contributed by atoms with Crippen LogP contribution in [0.4, 0.5) is 0 Å².